The lowest BCUT2D eigenvalue weighted by Crippen LogP contribution is -2.26. The number of nitrogens with one attached hydrogen (secondary N) is 1. The van der Waals surface area contributed by atoms with Gasteiger partial charge in [-0.25, -0.2) is 4.39 Å². The molecule has 0 spiro atoms. The van der Waals surface area contributed by atoms with Gasteiger partial charge in [-0.15, -0.1) is 0 Å². The van der Waals surface area contributed by atoms with Crippen molar-refractivity contribution in [2.24, 2.45) is 16.7 Å². The van der Waals surface area contributed by atoms with Crippen LogP contribution in [0.15, 0.2) is 29.4 Å². The van der Waals surface area contributed by atoms with Gasteiger partial charge in [0.1, 0.15) is 5.82 Å². The highest BCUT2D eigenvalue weighted by atomic mass is 32.2. The van der Waals surface area contributed by atoms with Gasteiger partial charge in [0.15, 0.2) is 5.17 Å². The minimum absolute atomic E-state index is 0.0982. The Morgan fingerprint density at radius 2 is 2.18 bits per heavy atom. The predicted octanol–water partition coefficient (Wildman–Crippen LogP) is 0.364. The smallest absolute Gasteiger partial charge is 0.230 e. The van der Waals surface area contributed by atoms with Crippen LogP contribution in [0.5, 0.6) is 0 Å². The van der Waals surface area contributed by atoms with E-state index in [4.69, 9.17) is 11.6 Å². The van der Waals surface area contributed by atoms with E-state index in [1.807, 2.05) is 0 Å². The molecule has 0 saturated carbocycles. The lowest BCUT2D eigenvalue weighted by Gasteiger charge is -2.05. The zero-order valence-electron chi connectivity index (χ0n) is 9.02. The van der Waals surface area contributed by atoms with Gasteiger partial charge in [0.25, 0.3) is 0 Å². The number of rotatable bonds is 4. The molecular weight excluding hydrogens is 243 g/mol. The molecule has 1 aromatic carbocycles. The summed E-state index contributed by atoms with van der Waals surface area (Å²) >= 11 is 1.02. The van der Waals surface area contributed by atoms with Gasteiger partial charge < -0.3 is 16.9 Å². The number of amides is 1. The molecule has 0 aliphatic rings. The van der Waals surface area contributed by atoms with E-state index in [1.54, 1.807) is 18.2 Å². The minimum Gasteiger partial charge on any atom is -0.377 e. The Kier molecular flexibility index (Phi) is 5.28. The number of nitrogens with zero attached hydrogens (tertiary/aromatic N) is 1. The van der Waals surface area contributed by atoms with Gasteiger partial charge in [-0.1, -0.05) is 30.0 Å². The van der Waals surface area contributed by atoms with Gasteiger partial charge in [-0.2, -0.15) is 5.10 Å². The quantitative estimate of drug-likeness (QED) is 0.314. The van der Waals surface area contributed by atoms with Crippen molar-refractivity contribution < 1.29 is 9.18 Å². The van der Waals surface area contributed by atoms with Crippen LogP contribution in [0.25, 0.3) is 0 Å². The van der Waals surface area contributed by atoms with Crippen molar-refractivity contribution in [3.05, 3.63) is 35.6 Å². The van der Waals surface area contributed by atoms with Crippen LogP contribution in [0.4, 0.5) is 4.39 Å². The molecule has 0 heterocycles. The number of carbonyl (C=O) groups excluding carboxylic acids is 1. The van der Waals surface area contributed by atoms with Crippen LogP contribution in [0.1, 0.15) is 5.56 Å². The maximum absolute atomic E-state index is 13.2. The fourth-order valence-corrected chi connectivity index (χ4v) is 1.52. The van der Waals surface area contributed by atoms with E-state index in [1.165, 1.54) is 6.07 Å². The maximum Gasteiger partial charge on any atom is 0.230 e. The molecule has 1 aromatic rings. The molecule has 0 saturated heterocycles. The monoisotopic (exact) mass is 256 g/mol. The molecule has 92 valence electrons. The van der Waals surface area contributed by atoms with E-state index >= 15 is 0 Å². The number of halogens is 1. The Morgan fingerprint density at radius 1 is 1.47 bits per heavy atom. The lowest BCUT2D eigenvalue weighted by atomic mass is 10.2. The molecule has 0 fully saturated rings. The largest absolute Gasteiger partial charge is 0.377 e. The Labute approximate surface area is 102 Å². The van der Waals surface area contributed by atoms with Gasteiger partial charge >= 0.3 is 0 Å². The van der Waals surface area contributed by atoms with E-state index in [0.717, 1.165) is 11.8 Å². The van der Waals surface area contributed by atoms with Gasteiger partial charge in [0.2, 0.25) is 5.91 Å². The summed E-state index contributed by atoms with van der Waals surface area (Å²) in [7, 11) is 0. The number of hydrogen-bond acceptors (Lipinski definition) is 4. The fraction of sp³-hybridized carbons (Fsp3) is 0.200. The molecule has 0 radical (unpaired) electrons. The van der Waals surface area contributed by atoms with Gasteiger partial charge in [-0.05, 0) is 6.07 Å². The van der Waals surface area contributed by atoms with E-state index in [9.17, 15) is 9.18 Å². The average Bonchev–Trinajstić information content (AvgIpc) is 2.35. The second-order valence-corrected chi connectivity index (χ2v) is 4.12. The number of amidine groups is 1. The Morgan fingerprint density at radius 3 is 2.82 bits per heavy atom. The van der Waals surface area contributed by atoms with Crippen molar-refractivity contribution in [3.8, 4) is 0 Å². The first kappa shape index (κ1) is 13.3. The van der Waals surface area contributed by atoms with Crippen molar-refractivity contribution in [3.63, 3.8) is 0 Å². The lowest BCUT2D eigenvalue weighted by molar-refractivity contribution is -0.118. The van der Waals surface area contributed by atoms with Crippen LogP contribution in [-0.4, -0.2) is 16.8 Å². The van der Waals surface area contributed by atoms with Crippen molar-refractivity contribution in [2.75, 3.05) is 5.75 Å². The van der Waals surface area contributed by atoms with Gasteiger partial charge in [-0.3, -0.25) is 4.79 Å². The van der Waals surface area contributed by atoms with Crippen LogP contribution in [0, 0.1) is 5.82 Å². The number of hydrogen-bond donors (Lipinski definition) is 3. The van der Waals surface area contributed by atoms with E-state index in [2.05, 4.69) is 10.4 Å². The highest BCUT2D eigenvalue weighted by molar-refractivity contribution is 8.14. The standard InChI is InChI=1S/C10H13FN4OS/c11-8-4-2-1-3-7(8)5-14-9(16)6-17-10(12)15-13/h1-4H,5-6,13H2,(H2,12,15)(H,14,16). The number of hydrazone groups is 1. The summed E-state index contributed by atoms with van der Waals surface area (Å²) in [4.78, 5) is 11.3. The first-order chi connectivity index (χ1) is 8.13. The van der Waals surface area contributed by atoms with E-state index < -0.39 is 0 Å². The molecule has 0 bridgehead atoms. The van der Waals surface area contributed by atoms with Crippen molar-refractivity contribution in [1.29, 1.82) is 0 Å². The van der Waals surface area contributed by atoms with Crippen LogP contribution in [0.2, 0.25) is 0 Å². The van der Waals surface area contributed by atoms with Crippen molar-refractivity contribution in [2.45, 2.75) is 6.54 Å². The molecule has 0 aliphatic carbocycles. The highest BCUT2D eigenvalue weighted by Gasteiger charge is 2.05. The molecule has 0 unspecified atom stereocenters. The zero-order valence-corrected chi connectivity index (χ0v) is 9.84. The number of thioether (sulfide) groups is 1. The summed E-state index contributed by atoms with van der Waals surface area (Å²) in [5, 5.41) is 5.91. The summed E-state index contributed by atoms with van der Waals surface area (Å²) in [5.41, 5.74) is 5.74. The summed E-state index contributed by atoms with van der Waals surface area (Å²) in [6.45, 7) is 0.145. The minimum atomic E-state index is -0.344. The van der Waals surface area contributed by atoms with E-state index in [-0.39, 0.29) is 29.2 Å². The SMILES string of the molecule is NN=C(N)SCC(=O)NCc1ccccc1F. The molecule has 5 N–H and O–H groups in total. The zero-order chi connectivity index (χ0) is 12.7. The first-order valence-corrected chi connectivity index (χ1v) is 5.78. The fourth-order valence-electron chi connectivity index (χ4n) is 1.06. The van der Waals surface area contributed by atoms with Gasteiger partial charge in [0.05, 0.1) is 5.75 Å². The molecule has 1 rings (SSSR count). The van der Waals surface area contributed by atoms with Gasteiger partial charge in [0, 0.05) is 12.1 Å². The summed E-state index contributed by atoms with van der Waals surface area (Å²) in [6, 6.07) is 6.25. The normalized spacial score (nSPS) is 11.2. The molecule has 7 heteroatoms. The molecule has 1 amide bonds. The molecule has 0 aromatic heterocycles. The first-order valence-electron chi connectivity index (χ1n) is 4.79. The topological polar surface area (TPSA) is 93.5 Å². The molecule has 17 heavy (non-hydrogen) atoms. The molecular formula is C10H13FN4OS. The van der Waals surface area contributed by atoms with Crippen LogP contribution in [0.3, 0.4) is 0 Å². The molecule has 5 nitrogen and oxygen atoms in total. The van der Waals surface area contributed by atoms with Crippen LogP contribution < -0.4 is 16.9 Å². The summed E-state index contributed by atoms with van der Waals surface area (Å²) in [5.74, 6) is 4.40. The van der Waals surface area contributed by atoms with Crippen molar-refractivity contribution in [1.82, 2.24) is 5.32 Å². The predicted molar refractivity (Wildman–Crippen MR) is 66.5 cm³/mol. The number of carbonyl (C=O) groups is 1. The second kappa shape index (κ2) is 6.74. The van der Waals surface area contributed by atoms with Crippen molar-refractivity contribution >= 4 is 22.8 Å². The average molecular weight is 256 g/mol. The highest BCUT2D eigenvalue weighted by Crippen LogP contribution is 2.05. The summed E-state index contributed by atoms with van der Waals surface area (Å²) < 4.78 is 13.2. The Bertz CT molecular complexity index is 425. The summed E-state index contributed by atoms with van der Waals surface area (Å²) in [6.07, 6.45) is 0. The molecule has 0 atom stereocenters. The second-order valence-electron chi connectivity index (χ2n) is 3.12. The van der Waals surface area contributed by atoms with E-state index in [0.29, 0.717) is 5.56 Å². The van der Waals surface area contributed by atoms with Crippen LogP contribution >= 0.6 is 11.8 Å². The number of benzene rings is 1. The number of nitrogens with two attached hydrogens (primary N) is 2. The Hall–Kier alpha value is -1.76. The third-order valence-corrected chi connectivity index (χ3v) is 2.72. The third kappa shape index (κ3) is 4.73. The molecule has 0 aliphatic heterocycles. The van der Waals surface area contributed by atoms with Crippen LogP contribution in [-0.2, 0) is 11.3 Å². The Balaban J connectivity index is 2.36. The maximum atomic E-state index is 13.2. The third-order valence-electron chi connectivity index (χ3n) is 1.91.